The third kappa shape index (κ3) is 2.11. The number of hydrogen-bond acceptors (Lipinski definition) is 3. The zero-order valence-electron chi connectivity index (χ0n) is 8.89. The first kappa shape index (κ1) is 10.8. The largest absolute Gasteiger partial charge is 0.484 e. The highest BCUT2D eigenvalue weighted by Gasteiger charge is 2.42. The van der Waals surface area contributed by atoms with Crippen molar-refractivity contribution in [3.63, 3.8) is 0 Å². The van der Waals surface area contributed by atoms with Crippen molar-refractivity contribution < 1.29 is 9.47 Å². The molecule has 1 aliphatic carbocycles. The lowest BCUT2D eigenvalue weighted by Crippen LogP contribution is -2.52. The molecule has 4 nitrogen and oxygen atoms in total. The summed E-state index contributed by atoms with van der Waals surface area (Å²) < 4.78 is 12.8. The second-order valence-corrected chi connectivity index (χ2v) is 4.20. The predicted octanol–water partition coefficient (Wildman–Crippen LogP) is 1.68. The van der Waals surface area contributed by atoms with Crippen LogP contribution in [0.25, 0.3) is 0 Å². The van der Waals surface area contributed by atoms with Crippen molar-refractivity contribution in [2.75, 3.05) is 7.11 Å². The number of rotatable bonds is 4. The normalized spacial score (nSPS) is 29.9. The van der Waals surface area contributed by atoms with E-state index in [1.165, 1.54) is 0 Å². The number of methoxy groups -OCH3 is 1. The van der Waals surface area contributed by atoms with E-state index in [-0.39, 0.29) is 17.6 Å². The Bertz CT molecular complexity index is 329. The quantitative estimate of drug-likeness (QED) is 0.739. The van der Waals surface area contributed by atoms with Gasteiger partial charge in [-0.25, -0.2) is 0 Å². The summed E-state index contributed by atoms with van der Waals surface area (Å²) in [5.41, 5.74) is 0. The van der Waals surface area contributed by atoms with Crippen LogP contribution in [0.4, 0.5) is 0 Å². The van der Waals surface area contributed by atoms with Gasteiger partial charge in [0.15, 0.2) is 5.75 Å². The molecule has 0 N–H and O–H groups in total. The van der Waals surface area contributed by atoms with Gasteiger partial charge in [0.25, 0.3) is 0 Å². The van der Waals surface area contributed by atoms with E-state index < -0.39 is 0 Å². The van der Waals surface area contributed by atoms with E-state index in [0.29, 0.717) is 0 Å². The van der Waals surface area contributed by atoms with Crippen LogP contribution in [0.3, 0.4) is 0 Å². The van der Waals surface area contributed by atoms with Crippen LogP contribution >= 0.6 is 11.6 Å². The van der Waals surface area contributed by atoms with Crippen molar-refractivity contribution in [3.8, 4) is 5.75 Å². The Balaban J connectivity index is 1.92. The summed E-state index contributed by atoms with van der Waals surface area (Å²) in [6, 6.07) is 0. The molecule has 0 saturated heterocycles. The summed E-state index contributed by atoms with van der Waals surface area (Å²) in [4.78, 5) is 0. The van der Waals surface area contributed by atoms with E-state index >= 15 is 0 Å². The Morgan fingerprint density at radius 3 is 3.00 bits per heavy atom. The molecule has 1 aromatic heterocycles. The van der Waals surface area contributed by atoms with Crippen LogP contribution < -0.4 is 4.74 Å². The van der Waals surface area contributed by atoms with Gasteiger partial charge in [-0.3, -0.25) is 4.68 Å². The summed E-state index contributed by atoms with van der Waals surface area (Å²) in [5, 5.41) is 4.20. The molecule has 2 rings (SSSR count). The van der Waals surface area contributed by atoms with E-state index in [0.717, 1.165) is 18.7 Å². The molecule has 5 heteroatoms. The molecule has 0 bridgehead atoms. The average molecular weight is 231 g/mol. The molecule has 0 aliphatic heterocycles. The molecule has 1 saturated carbocycles. The maximum atomic E-state index is 5.98. The lowest BCUT2D eigenvalue weighted by Gasteiger charge is -2.39. The maximum absolute atomic E-state index is 5.98. The lowest BCUT2D eigenvalue weighted by atomic mass is 9.91. The Morgan fingerprint density at radius 1 is 1.67 bits per heavy atom. The smallest absolute Gasteiger partial charge is 0.157 e. The lowest BCUT2D eigenvalue weighted by molar-refractivity contribution is -0.0583. The SMILES string of the molecule is CCn1cc(OC2CC(Cl)C2OC)cn1. The molecule has 1 heterocycles. The maximum Gasteiger partial charge on any atom is 0.157 e. The van der Waals surface area contributed by atoms with Crippen LogP contribution in [0.2, 0.25) is 0 Å². The summed E-state index contributed by atoms with van der Waals surface area (Å²) in [7, 11) is 1.66. The molecule has 3 unspecified atom stereocenters. The molecular weight excluding hydrogens is 216 g/mol. The molecule has 1 fully saturated rings. The Morgan fingerprint density at radius 2 is 2.47 bits per heavy atom. The second kappa shape index (κ2) is 4.41. The molecule has 1 aliphatic rings. The van der Waals surface area contributed by atoms with Gasteiger partial charge in [0.1, 0.15) is 12.2 Å². The van der Waals surface area contributed by atoms with E-state index in [9.17, 15) is 0 Å². The summed E-state index contributed by atoms with van der Waals surface area (Å²) >= 11 is 5.98. The Hall–Kier alpha value is -0.740. The van der Waals surface area contributed by atoms with Gasteiger partial charge < -0.3 is 9.47 Å². The minimum atomic E-state index is -0.00311. The fraction of sp³-hybridized carbons (Fsp3) is 0.700. The number of halogens is 1. The van der Waals surface area contributed by atoms with E-state index in [1.807, 2.05) is 17.8 Å². The third-order valence-corrected chi connectivity index (χ3v) is 3.10. The fourth-order valence-electron chi connectivity index (χ4n) is 1.70. The molecule has 0 radical (unpaired) electrons. The van der Waals surface area contributed by atoms with Gasteiger partial charge in [-0.2, -0.15) is 5.10 Å². The van der Waals surface area contributed by atoms with Crippen LogP contribution in [-0.4, -0.2) is 34.5 Å². The van der Waals surface area contributed by atoms with Gasteiger partial charge in [0.05, 0.1) is 17.8 Å². The van der Waals surface area contributed by atoms with Crippen molar-refractivity contribution >= 4 is 11.6 Å². The van der Waals surface area contributed by atoms with Crippen LogP contribution in [0.15, 0.2) is 12.4 Å². The first-order valence-corrected chi connectivity index (χ1v) is 5.54. The van der Waals surface area contributed by atoms with Crippen molar-refractivity contribution in [3.05, 3.63) is 12.4 Å². The summed E-state index contributed by atoms with van der Waals surface area (Å²) in [6.07, 6.45) is 4.49. The van der Waals surface area contributed by atoms with Gasteiger partial charge in [-0.1, -0.05) is 0 Å². The minimum Gasteiger partial charge on any atom is -0.484 e. The first-order valence-electron chi connectivity index (χ1n) is 5.10. The van der Waals surface area contributed by atoms with Crippen molar-refractivity contribution in [1.29, 1.82) is 0 Å². The highest BCUT2D eigenvalue weighted by molar-refractivity contribution is 6.21. The van der Waals surface area contributed by atoms with Crippen molar-refractivity contribution in [2.45, 2.75) is 37.5 Å². The van der Waals surface area contributed by atoms with Gasteiger partial charge in [0, 0.05) is 20.1 Å². The molecule has 3 atom stereocenters. The summed E-state index contributed by atoms with van der Waals surface area (Å²) in [6.45, 7) is 2.88. The van der Waals surface area contributed by atoms with Gasteiger partial charge in [-0.15, -0.1) is 11.6 Å². The van der Waals surface area contributed by atoms with Gasteiger partial charge in [0.2, 0.25) is 0 Å². The number of ether oxygens (including phenoxy) is 2. The summed E-state index contributed by atoms with van der Waals surface area (Å²) in [5.74, 6) is 0.785. The number of aromatic nitrogens is 2. The first-order chi connectivity index (χ1) is 7.24. The zero-order chi connectivity index (χ0) is 10.8. The van der Waals surface area contributed by atoms with E-state index in [4.69, 9.17) is 21.1 Å². The van der Waals surface area contributed by atoms with Gasteiger partial charge >= 0.3 is 0 Å². The number of aryl methyl sites for hydroxylation is 1. The molecule has 1 aromatic rings. The van der Waals surface area contributed by atoms with Crippen molar-refractivity contribution in [2.24, 2.45) is 0 Å². The fourth-order valence-corrected chi connectivity index (χ4v) is 2.14. The standard InChI is InChI=1S/C10H15ClN2O2/c1-3-13-6-7(5-12-13)15-9-4-8(11)10(9)14-2/h5-6,8-10H,3-4H2,1-2H3. The second-order valence-electron chi connectivity index (χ2n) is 3.64. The monoisotopic (exact) mass is 230 g/mol. The highest BCUT2D eigenvalue weighted by Crippen LogP contribution is 2.32. The topological polar surface area (TPSA) is 36.3 Å². The molecule has 84 valence electrons. The molecule has 15 heavy (non-hydrogen) atoms. The molecule has 0 aromatic carbocycles. The van der Waals surface area contributed by atoms with Crippen LogP contribution in [-0.2, 0) is 11.3 Å². The van der Waals surface area contributed by atoms with E-state index in [2.05, 4.69) is 5.10 Å². The number of nitrogens with zero attached hydrogens (tertiary/aromatic N) is 2. The van der Waals surface area contributed by atoms with Crippen molar-refractivity contribution in [1.82, 2.24) is 9.78 Å². The highest BCUT2D eigenvalue weighted by atomic mass is 35.5. The Labute approximate surface area is 94.1 Å². The van der Waals surface area contributed by atoms with Gasteiger partial charge in [-0.05, 0) is 6.92 Å². The third-order valence-electron chi connectivity index (χ3n) is 2.67. The molecule has 0 amide bonds. The predicted molar refractivity (Wildman–Crippen MR) is 57.4 cm³/mol. The molecular formula is C10H15ClN2O2. The van der Waals surface area contributed by atoms with Crippen LogP contribution in [0, 0.1) is 0 Å². The average Bonchev–Trinajstić information content (AvgIpc) is 2.65. The minimum absolute atomic E-state index is 0.00311. The zero-order valence-corrected chi connectivity index (χ0v) is 9.65. The Kier molecular flexibility index (Phi) is 3.17. The van der Waals surface area contributed by atoms with Crippen LogP contribution in [0.5, 0.6) is 5.75 Å². The van der Waals surface area contributed by atoms with Crippen LogP contribution in [0.1, 0.15) is 13.3 Å². The number of hydrogen-bond donors (Lipinski definition) is 0. The van der Waals surface area contributed by atoms with E-state index in [1.54, 1.807) is 13.3 Å². The number of alkyl halides is 1. The molecule has 0 spiro atoms.